The van der Waals surface area contributed by atoms with Crippen LogP contribution in [0.3, 0.4) is 0 Å². The van der Waals surface area contributed by atoms with Crippen LogP contribution in [0.5, 0.6) is 0 Å². The number of allylic oxidation sites excluding steroid dienone is 2. The summed E-state index contributed by atoms with van der Waals surface area (Å²) in [7, 11) is 3.23. The molecule has 386 valence electrons. The number of nitrogens with one attached hydrogen (secondary N) is 8. The van der Waals surface area contributed by atoms with Crippen molar-refractivity contribution in [2.45, 2.75) is 139 Å². The van der Waals surface area contributed by atoms with Gasteiger partial charge in [-0.3, -0.25) is 38.4 Å². The third-order valence-corrected chi connectivity index (χ3v) is 13.9. The van der Waals surface area contributed by atoms with E-state index >= 15 is 0 Å². The molecule has 2 heterocycles. The molecule has 0 saturated carbocycles. The van der Waals surface area contributed by atoms with Crippen molar-refractivity contribution in [3.8, 4) is 0 Å². The van der Waals surface area contributed by atoms with Crippen molar-refractivity contribution in [1.82, 2.24) is 52.3 Å². The van der Waals surface area contributed by atoms with Crippen LogP contribution in [0.2, 0.25) is 0 Å². The van der Waals surface area contributed by atoms with E-state index in [1.807, 2.05) is 36.4 Å². The van der Waals surface area contributed by atoms with Crippen molar-refractivity contribution in [1.29, 1.82) is 0 Å². The predicted molar refractivity (Wildman–Crippen MR) is 272 cm³/mol. The van der Waals surface area contributed by atoms with Gasteiger partial charge in [-0.25, -0.2) is 0 Å². The lowest BCUT2D eigenvalue weighted by molar-refractivity contribution is -0.143. The first-order valence-corrected chi connectivity index (χ1v) is 25.0. The quantitative estimate of drug-likeness (QED) is 0.0848. The first kappa shape index (κ1) is 55.8. The van der Waals surface area contributed by atoms with Gasteiger partial charge in [0.05, 0.1) is 37.0 Å². The van der Waals surface area contributed by atoms with Gasteiger partial charge in [0.2, 0.25) is 47.3 Å². The third kappa shape index (κ3) is 15.2. The van der Waals surface area contributed by atoms with Crippen molar-refractivity contribution in [2.24, 2.45) is 0 Å². The average Bonchev–Trinajstić information content (AvgIpc) is 4.08. The fourth-order valence-corrected chi connectivity index (χ4v) is 9.76. The van der Waals surface area contributed by atoms with Crippen LogP contribution in [0.1, 0.15) is 112 Å². The van der Waals surface area contributed by atoms with Crippen molar-refractivity contribution >= 4 is 59.7 Å². The predicted octanol–water partition coefficient (Wildman–Crippen LogP) is 2.09. The molecule has 8 amide bonds. The molecule has 2 aromatic carbocycles. The van der Waals surface area contributed by atoms with Crippen LogP contribution >= 0.6 is 12.4 Å². The maximum atomic E-state index is 14.1. The molecule has 2 aliphatic carbocycles. The summed E-state index contributed by atoms with van der Waals surface area (Å²) in [5.74, 6) is -3.36. The standard InChI is InChI=1S/C52H72N10O8.ClH/c1-33(53-3)47(65)59-41(51(69)61-29-15-25-43(61)49(67)57-39-23-13-19-35-17-7-9-21-37(35)39)31-45(63)55-27-11-5-6-12-28-56-46(64)32-42(60-48(66)34(2)54-4)52(70)62-30-16-26-44(62)50(68)58-40-24-14-20-36-18-8-10-22-38(36)40;/h5-12,17-18,21-22,33-34,39-44,53-54H,13-16,19-20,23-32H2,1-4H3,(H,55,63)(H,56,64)(H,57,67)(H,58,68)(H,59,65)(H,60,66);1H/b11-5+,12-6+;/t33-,34-,39-,40-,41-,42-,43-,44-;/m0./s1. The van der Waals surface area contributed by atoms with E-state index in [0.717, 1.165) is 49.7 Å². The van der Waals surface area contributed by atoms with E-state index < -0.39 is 71.7 Å². The van der Waals surface area contributed by atoms with Gasteiger partial charge in [0.15, 0.2) is 0 Å². The maximum absolute atomic E-state index is 14.1. The van der Waals surface area contributed by atoms with E-state index in [2.05, 4.69) is 54.7 Å². The number of carbonyl (C=O) groups is 8. The highest BCUT2D eigenvalue weighted by Gasteiger charge is 2.41. The number of amides is 8. The van der Waals surface area contributed by atoms with E-state index in [0.29, 0.717) is 38.8 Å². The Labute approximate surface area is 423 Å². The number of hydrogen-bond acceptors (Lipinski definition) is 10. The van der Waals surface area contributed by atoms with Crippen LogP contribution in [0.25, 0.3) is 0 Å². The summed E-state index contributed by atoms with van der Waals surface area (Å²) in [6.45, 7) is 4.14. The van der Waals surface area contributed by atoms with E-state index in [1.54, 1.807) is 52.2 Å². The highest BCUT2D eigenvalue weighted by molar-refractivity contribution is 5.97. The van der Waals surface area contributed by atoms with E-state index in [-0.39, 0.29) is 62.2 Å². The molecule has 2 fully saturated rings. The molecule has 71 heavy (non-hydrogen) atoms. The van der Waals surface area contributed by atoms with Gasteiger partial charge >= 0.3 is 0 Å². The number of hydrogen-bond donors (Lipinski definition) is 8. The zero-order chi connectivity index (χ0) is 50.2. The Morgan fingerprint density at radius 2 is 0.972 bits per heavy atom. The highest BCUT2D eigenvalue weighted by Crippen LogP contribution is 2.32. The molecule has 8 atom stereocenters. The molecule has 0 aromatic heterocycles. The summed E-state index contributed by atoms with van der Waals surface area (Å²) in [4.78, 5) is 111. The molecular weight excluding hydrogens is 928 g/mol. The zero-order valence-corrected chi connectivity index (χ0v) is 42.2. The molecule has 2 aromatic rings. The van der Waals surface area contributed by atoms with Gasteiger partial charge < -0.3 is 52.3 Å². The van der Waals surface area contributed by atoms with Gasteiger partial charge in [0.1, 0.15) is 24.2 Å². The monoisotopic (exact) mass is 1000 g/mol. The lowest BCUT2D eigenvalue weighted by Crippen LogP contribution is -2.56. The lowest BCUT2D eigenvalue weighted by atomic mass is 9.87. The first-order chi connectivity index (χ1) is 33.8. The number of rotatable bonds is 21. The largest absolute Gasteiger partial charge is 0.353 e. The van der Waals surface area contributed by atoms with Gasteiger partial charge in [0.25, 0.3) is 0 Å². The number of fused-ring (bicyclic) bond motifs is 2. The molecule has 0 unspecified atom stereocenters. The molecule has 2 aliphatic heterocycles. The summed E-state index contributed by atoms with van der Waals surface area (Å²) >= 11 is 0. The van der Waals surface area contributed by atoms with Crippen molar-refractivity contribution < 1.29 is 38.4 Å². The molecule has 8 N–H and O–H groups in total. The zero-order valence-electron chi connectivity index (χ0n) is 41.4. The molecule has 19 heteroatoms. The van der Waals surface area contributed by atoms with Crippen LogP contribution in [0.15, 0.2) is 72.8 Å². The van der Waals surface area contributed by atoms with E-state index in [4.69, 9.17) is 0 Å². The van der Waals surface area contributed by atoms with Crippen LogP contribution in [-0.4, -0.2) is 134 Å². The fraction of sp³-hybridized carbons (Fsp3) is 0.538. The van der Waals surface area contributed by atoms with Crippen molar-refractivity contribution in [3.05, 3.63) is 95.1 Å². The SMILES string of the molecule is CN[C@@H](C)C(=O)N[C@@H](CC(=O)NC/C=C/C=C/CNC(=O)C[C@H](NC(=O)[C@H](C)NC)C(=O)N1CCC[C@H]1C(=O)N[C@H]1CCCc2ccccc21)C(=O)N1CCC[C@H]1C(=O)N[C@H]1CCCc2ccccc21.Cl. The van der Waals surface area contributed by atoms with Gasteiger partial charge in [-0.05, 0) is 114 Å². The first-order valence-electron chi connectivity index (χ1n) is 25.0. The third-order valence-electron chi connectivity index (χ3n) is 13.9. The molecule has 0 spiro atoms. The number of nitrogens with zero attached hydrogens (tertiary/aromatic N) is 2. The molecule has 6 rings (SSSR count). The minimum absolute atomic E-state index is 0. The Kier molecular flexibility index (Phi) is 21.6. The van der Waals surface area contributed by atoms with Crippen LogP contribution < -0.4 is 42.5 Å². The minimum Gasteiger partial charge on any atom is -0.353 e. The number of benzene rings is 2. The lowest BCUT2D eigenvalue weighted by Gasteiger charge is -2.31. The Hall–Kier alpha value is -6.11. The molecule has 4 aliphatic rings. The van der Waals surface area contributed by atoms with Crippen molar-refractivity contribution in [3.63, 3.8) is 0 Å². The second-order valence-corrected chi connectivity index (χ2v) is 18.7. The second kappa shape index (κ2) is 27.5. The molecular formula is C52H73ClN10O8. The number of likely N-dealkylation sites (tertiary alicyclic amines) is 2. The topological polar surface area (TPSA) is 239 Å². The average molecular weight is 1000 g/mol. The van der Waals surface area contributed by atoms with Gasteiger partial charge in [-0.1, -0.05) is 72.8 Å². The molecule has 2 saturated heterocycles. The van der Waals surface area contributed by atoms with Gasteiger partial charge in [0, 0.05) is 26.2 Å². The van der Waals surface area contributed by atoms with Gasteiger partial charge in [-0.2, -0.15) is 0 Å². The summed E-state index contributed by atoms with van der Waals surface area (Å²) < 4.78 is 0. The number of halogens is 1. The number of aryl methyl sites for hydroxylation is 2. The second-order valence-electron chi connectivity index (χ2n) is 18.7. The summed E-state index contributed by atoms with van der Waals surface area (Å²) in [6.07, 6.45) is 13.5. The normalized spacial score (nSPS) is 21.1. The minimum atomic E-state index is -1.20. The van der Waals surface area contributed by atoms with E-state index in [9.17, 15) is 38.4 Å². The molecule has 18 nitrogen and oxygen atoms in total. The Morgan fingerprint density at radius 3 is 1.37 bits per heavy atom. The number of carbonyl (C=O) groups excluding carboxylic acids is 8. The highest BCUT2D eigenvalue weighted by atomic mass is 35.5. The summed E-state index contributed by atoms with van der Waals surface area (Å²) in [5.41, 5.74) is 4.59. The Balaban J connectivity index is 0.00000937. The molecule has 0 radical (unpaired) electrons. The maximum Gasteiger partial charge on any atom is 0.246 e. The fourth-order valence-electron chi connectivity index (χ4n) is 9.76. The van der Waals surface area contributed by atoms with Crippen LogP contribution in [-0.2, 0) is 51.2 Å². The Bertz CT molecular complexity index is 2120. The molecule has 0 bridgehead atoms. The summed E-state index contributed by atoms with van der Waals surface area (Å²) in [6, 6.07) is 10.7. The summed E-state index contributed by atoms with van der Waals surface area (Å²) in [5, 5.41) is 23.0. The van der Waals surface area contributed by atoms with Crippen molar-refractivity contribution in [2.75, 3.05) is 40.3 Å². The smallest absolute Gasteiger partial charge is 0.246 e. The van der Waals surface area contributed by atoms with Crippen LogP contribution in [0.4, 0.5) is 0 Å². The van der Waals surface area contributed by atoms with E-state index in [1.165, 1.54) is 20.9 Å². The van der Waals surface area contributed by atoms with Crippen LogP contribution in [0, 0.1) is 0 Å². The number of likely N-dealkylation sites (N-methyl/N-ethyl adjacent to an activating group) is 2. The van der Waals surface area contributed by atoms with Gasteiger partial charge in [-0.15, -0.1) is 12.4 Å². The Morgan fingerprint density at radius 1 is 0.577 bits per heavy atom.